The number of rotatable bonds is 2. The molecule has 3 heteroatoms. The molecule has 0 fully saturated rings. The summed E-state index contributed by atoms with van der Waals surface area (Å²) in [4.78, 5) is 11.7. The third-order valence-electron chi connectivity index (χ3n) is 2.86. The first-order chi connectivity index (χ1) is 8.07. The maximum absolute atomic E-state index is 11.7. The lowest BCUT2D eigenvalue weighted by atomic mass is 10.1. The van der Waals surface area contributed by atoms with Gasteiger partial charge in [0, 0.05) is 17.9 Å². The van der Waals surface area contributed by atoms with Crippen LogP contribution in [0.5, 0.6) is 0 Å². The Hall–Kier alpha value is -1.87. The third kappa shape index (κ3) is 1.68. The molecule has 3 nitrogen and oxygen atoms in total. The Bertz CT molecular complexity index is 557. The summed E-state index contributed by atoms with van der Waals surface area (Å²) in [5, 5.41) is 10.4. The summed E-state index contributed by atoms with van der Waals surface area (Å²) in [6.45, 7) is 7.13. The van der Waals surface area contributed by atoms with Gasteiger partial charge in [0.2, 0.25) is 5.91 Å². The lowest BCUT2D eigenvalue weighted by molar-refractivity contribution is 0.0932. The summed E-state index contributed by atoms with van der Waals surface area (Å²) in [5.41, 5.74) is 3.16. The molecule has 0 amide bonds. The Kier molecular flexibility index (Phi) is 2.86. The first-order valence-corrected chi connectivity index (χ1v) is 5.48. The number of nitrogens with zero attached hydrogens (tertiary/aromatic N) is 1. The number of allylic oxidation sites excluding steroid dienone is 1. The summed E-state index contributed by atoms with van der Waals surface area (Å²) in [7, 11) is 0. The number of carbonyl (C=O) groups excluding carboxylic acids is 1. The Morgan fingerprint density at radius 3 is 2.53 bits per heavy atom. The summed E-state index contributed by atoms with van der Waals surface area (Å²) < 4.78 is 1.55. The van der Waals surface area contributed by atoms with E-state index in [9.17, 15) is 9.90 Å². The van der Waals surface area contributed by atoms with E-state index in [4.69, 9.17) is 0 Å². The molecule has 1 heterocycles. The fourth-order valence-electron chi connectivity index (χ4n) is 2.28. The summed E-state index contributed by atoms with van der Waals surface area (Å²) in [6.07, 6.45) is 0. The quantitative estimate of drug-likeness (QED) is 0.860. The number of benzene rings is 1. The number of aliphatic hydroxyl groups is 1. The first kappa shape index (κ1) is 11.6. The van der Waals surface area contributed by atoms with Gasteiger partial charge in [-0.05, 0) is 18.6 Å². The monoisotopic (exact) mass is 229 g/mol. The van der Waals surface area contributed by atoms with E-state index < -0.39 is 0 Å². The van der Waals surface area contributed by atoms with Gasteiger partial charge in [0.05, 0.1) is 17.8 Å². The second-order valence-electron chi connectivity index (χ2n) is 4.13. The van der Waals surface area contributed by atoms with Gasteiger partial charge in [0.15, 0.2) is 0 Å². The summed E-state index contributed by atoms with van der Waals surface area (Å²) in [5.74, 6) is -0.0993. The van der Waals surface area contributed by atoms with Crippen LogP contribution in [0.4, 0.5) is 0 Å². The van der Waals surface area contributed by atoms with Crippen molar-refractivity contribution in [3.8, 4) is 0 Å². The zero-order valence-corrected chi connectivity index (χ0v) is 10.0. The van der Waals surface area contributed by atoms with Crippen molar-refractivity contribution >= 4 is 22.4 Å². The molecule has 1 N–H and O–H groups in total. The van der Waals surface area contributed by atoms with Crippen LogP contribution in [-0.2, 0) is 6.61 Å². The highest BCUT2D eigenvalue weighted by Crippen LogP contribution is 2.30. The molecule has 1 aromatic carbocycles. The molecule has 17 heavy (non-hydrogen) atoms. The third-order valence-corrected chi connectivity index (χ3v) is 2.86. The Balaban J connectivity index is 2.97. The fourth-order valence-corrected chi connectivity index (χ4v) is 2.28. The van der Waals surface area contributed by atoms with Gasteiger partial charge in [-0.2, -0.15) is 0 Å². The molecule has 0 aliphatic heterocycles. The minimum absolute atomic E-state index is 0.0993. The van der Waals surface area contributed by atoms with E-state index in [1.165, 1.54) is 6.92 Å². The van der Waals surface area contributed by atoms with Crippen LogP contribution in [0, 0.1) is 0 Å². The van der Waals surface area contributed by atoms with Crippen LogP contribution in [0.1, 0.15) is 29.9 Å². The van der Waals surface area contributed by atoms with Gasteiger partial charge in [0.1, 0.15) is 0 Å². The molecule has 88 valence electrons. The van der Waals surface area contributed by atoms with Crippen molar-refractivity contribution in [3.63, 3.8) is 0 Å². The molecule has 0 radical (unpaired) electrons. The molecule has 0 aliphatic rings. The van der Waals surface area contributed by atoms with Crippen LogP contribution in [-0.4, -0.2) is 15.6 Å². The van der Waals surface area contributed by atoms with E-state index in [0.717, 1.165) is 22.0 Å². The highest BCUT2D eigenvalue weighted by molar-refractivity contribution is 6.00. The van der Waals surface area contributed by atoms with Gasteiger partial charge >= 0.3 is 0 Å². The fraction of sp³-hybridized carbons (Fsp3) is 0.214. The lowest BCUT2D eigenvalue weighted by Crippen LogP contribution is -2.10. The topological polar surface area (TPSA) is 42.2 Å². The van der Waals surface area contributed by atoms with Crippen molar-refractivity contribution in [2.45, 2.75) is 20.5 Å². The average Bonchev–Trinajstić information content (AvgIpc) is 2.62. The molecule has 2 aromatic rings. The maximum atomic E-state index is 11.7. The first-order valence-electron chi connectivity index (χ1n) is 5.48. The Morgan fingerprint density at radius 2 is 2.00 bits per heavy atom. The number of carbonyl (C=O) groups is 1. The number of hydrogen-bond donors (Lipinski definition) is 1. The largest absolute Gasteiger partial charge is 0.390 e. The van der Waals surface area contributed by atoms with E-state index in [1.54, 1.807) is 4.57 Å². The highest BCUT2D eigenvalue weighted by atomic mass is 16.3. The number of aromatic nitrogens is 1. The minimum atomic E-state index is -0.170. The zero-order chi connectivity index (χ0) is 12.6. The van der Waals surface area contributed by atoms with E-state index in [1.807, 2.05) is 31.2 Å². The minimum Gasteiger partial charge on any atom is -0.390 e. The molecule has 0 unspecified atom stereocenters. The van der Waals surface area contributed by atoms with Gasteiger partial charge in [-0.25, -0.2) is 0 Å². The van der Waals surface area contributed by atoms with Crippen molar-refractivity contribution in [1.29, 1.82) is 0 Å². The van der Waals surface area contributed by atoms with Crippen molar-refractivity contribution in [2.24, 2.45) is 0 Å². The van der Waals surface area contributed by atoms with E-state index in [0.29, 0.717) is 5.69 Å². The molecule has 0 atom stereocenters. The molecule has 0 saturated carbocycles. The van der Waals surface area contributed by atoms with Crippen molar-refractivity contribution < 1.29 is 9.90 Å². The summed E-state index contributed by atoms with van der Waals surface area (Å²) in [6, 6.07) is 7.62. The molecule has 0 bridgehead atoms. The predicted octanol–water partition coefficient (Wildman–Crippen LogP) is 2.83. The highest BCUT2D eigenvalue weighted by Gasteiger charge is 2.18. The van der Waals surface area contributed by atoms with Crippen molar-refractivity contribution in [2.75, 3.05) is 0 Å². The summed E-state index contributed by atoms with van der Waals surface area (Å²) >= 11 is 0. The van der Waals surface area contributed by atoms with Crippen molar-refractivity contribution in [3.05, 3.63) is 42.1 Å². The standard InChI is InChI=1S/C14H15NO2/c1-9(2)14-11-6-4-5-7-12(11)15(10(3)17)13(14)8-16/h4-7,16H,1,8H2,2-3H3. The maximum Gasteiger partial charge on any atom is 0.228 e. The average molecular weight is 229 g/mol. The molecule has 1 aromatic heterocycles. The second-order valence-corrected chi connectivity index (χ2v) is 4.13. The van der Waals surface area contributed by atoms with Crippen molar-refractivity contribution in [1.82, 2.24) is 4.57 Å². The van der Waals surface area contributed by atoms with E-state index >= 15 is 0 Å². The normalized spacial score (nSPS) is 10.8. The number of para-hydroxylation sites is 1. The van der Waals surface area contributed by atoms with Gasteiger partial charge < -0.3 is 5.11 Å². The SMILES string of the molecule is C=C(C)c1c(CO)n(C(C)=O)c2ccccc12. The van der Waals surface area contributed by atoms with Gasteiger partial charge in [-0.15, -0.1) is 0 Å². The van der Waals surface area contributed by atoms with Crippen LogP contribution in [0.2, 0.25) is 0 Å². The zero-order valence-electron chi connectivity index (χ0n) is 10.0. The van der Waals surface area contributed by atoms with Gasteiger partial charge in [0.25, 0.3) is 0 Å². The van der Waals surface area contributed by atoms with Crippen LogP contribution in [0.25, 0.3) is 16.5 Å². The van der Waals surface area contributed by atoms with Gasteiger partial charge in [-0.1, -0.05) is 24.8 Å². The van der Waals surface area contributed by atoms with Gasteiger partial charge in [-0.3, -0.25) is 9.36 Å². The Labute approximate surface area is 100.0 Å². The van der Waals surface area contributed by atoms with E-state index in [2.05, 4.69) is 6.58 Å². The molecule has 0 aliphatic carbocycles. The molecular formula is C14H15NO2. The van der Waals surface area contributed by atoms with Crippen LogP contribution in [0.15, 0.2) is 30.8 Å². The Morgan fingerprint density at radius 1 is 1.35 bits per heavy atom. The smallest absolute Gasteiger partial charge is 0.228 e. The lowest BCUT2D eigenvalue weighted by Gasteiger charge is -2.05. The number of fused-ring (bicyclic) bond motifs is 1. The van der Waals surface area contributed by atoms with Crippen LogP contribution >= 0.6 is 0 Å². The van der Waals surface area contributed by atoms with E-state index in [-0.39, 0.29) is 12.5 Å². The van der Waals surface area contributed by atoms with Crippen LogP contribution < -0.4 is 0 Å². The number of aliphatic hydroxyl groups excluding tert-OH is 1. The molecule has 0 saturated heterocycles. The number of hydrogen-bond acceptors (Lipinski definition) is 2. The molecule has 2 rings (SSSR count). The second kappa shape index (κ2) is 4.18. The molecule has 0 spiro atoms. The molecular weight excluding hydrogens is 214 g/mol. The van der Waals surface area contributed by atoms with Crippen LogP contribution in [0.3, 0.4) is 0 Å². The predicted molar refractivity (Wildman–Crippen MR) is 68.9 cm³/mol.